The van der Waals surface area contributed by atoms with E-state index < -0.39 is 0 Å². The first kappa shape index (κ1) is 16.1. The van der Waals surface area contributed by atoms with Crippen LogP contribution in [0.15, 0.2) is 36.4 Å². The Morgan fingerprint density at radius 1 is 0.909 bits per heavy atom. The van der Waals surface area contributed by atoms with Gasteiger partial charge in [-0.25, -0.2) is 0 Å². The van der Waals surface area contributed by atoms with E-state index in [2.05, 4.69) is 36.6 Å². The molecule has 2 rings (SSSR count). The van der Waals surface area contributed by atoms with Crippen LogP contribution >= 0.6 is 0 Å². The fraction of sp³-hybridized carbons (Fsp3) is 0.316. The molecule has 0 aromatic heterocycles. The largest absolute Gasteiger partial charge is 0.374 e. The van der Waals surface area contributed by atoms with Crippen molar-refractivity contribution in [3.8, 4) is 0 Å². The summed E-state index contributed by atoms with van der Waals surface area (Å²) in [5, 5.41) is 6.25. The number of aryl methyl sites for hydroxylation is 4. The molecule has 2 aromatic rings. The summed E-state index contributed by atoms with van der Waals surface area (Å²) >= 11 is 0. The molecule has 0 saturated heterocycles. The predicted molar refractivity (Wildman–Crippen MR) is 93.5 cm³/mol. The monoisotopic (exact) mass is 296 g/mol. The number of hydrogen-bond acceptors (Lipinski definition) is 2. The third kappa shape index (κ3) is 4.10. The summed E-state index contributed by atoms with van der Waals surface area (Å²) < 4.78 is 0. The molecule has 0 saturated carbocycles. The molecule has 0 spiro atoms. The van der Waals surface area contributed by atoms with Crippen LogP contribution in [0.4, 0.5) is 11.4 Å². The SMILES string of the molecule is Cc1cc(C)cc(NC(C)C(=O)Nc2ccc(C)cc2C)c1. The van der Waals surface area contributed by atoms with Crippen molar-refractivity contribution >= 4 is 17.3 Å². The lowest BCUT2D eigenvalue weighted by Gasteiger charge is -2.17. The summed E-state index contributed by atoms with van der Waals surface area (Å²) in [6.45, 7) is 10.0. The van der Waals surface area contributed by atoms with Crippen LogP contribution in [-0.2, 0) is 4.79 Å². The topological polar surface area (TPSA) is 41.1 Å². The lowest BCUT2D eigenvalue weighted by molar-refractivity contribution is -0.116. The molecule has 22 heavy (non-hydrogen) atoms. The van der Waals surface area contributed by atoms with Gasteiger partial charge in [0.25, 0.3) is 0 Å². The van der Waals surface area contributed by atoms with E-state index in [0.29, 0.717) is 0 Å². The molecule has 1 unspecified atom stereocenters. The summed E-state index contributed by atoms with van der Waals surface area (Å²) in [5.74, 6) is -0.0360. The molecule has 2 N–H and O–H groups in total. The molecular formula is C19H24N2O. The summed E-state index contributed by atoms with van der Waals surface area (Å²) in [4.78, 5) is 12.4. The second-order valence-corrected chi connectivity index (χ2v) is 6.05. The van der Waals surface area contributed by atoms with Gasteiger partial charge in [-0.3, -0.25) is 4.79 Å². The van der Waals surface area contributed by atoms with Gasteiger partial charge in [0, 0.05) is 11.4 Å². The van der Waals surface area contributed by atoms with Crippen LogP contribution in [0.25, 0.3) is 0 Å². The molecule has 1 atom stereocenters. The van der Waals surface area contributed by atoms with Gasteiger partial charge in [0.2, 0.25) is 5.91 Å². The van der Waals surface area contributed by atoms with Gasteiger partial charge in [-0.1, -0.05) is 23.8 Å². The summed E-state index contributed by atoms with van der Waals surface area (Å²) in [6.07, 6.45) is 0. The highest BCUT2D eigenvalue weighted by Crippen LogP contribution is 2.18. The van der Waals surface area contributed by atoms with Gasteiger partial charge >= 0.3 is 0 Å². The van der Waals surface area contributed by atoms with Gasteiger partial charge in [0.05, 0.1) is 0 Å². The quantitative estimate of drug-likeness (QED) is 0.880. The van der Waals surface area contributed by atoms with E-state index in [0.717, 1.165) is 16.9 Å². The fourth-order valence-electron chi connectivity index (χ4n) is 2.57. The maximum absolute atomic E-state index is 12.4. The first-order valence-corrected chi connectivity index (χ1v) is 7.58. The Kier molecular flexibility index (Phi) is 4.86. The highest BCUT2D eigenvalue weighted by Gasteiger charge is 2.14. The Labute approximate surface area is 132 Å². The third-order valence-corrected chi connectivity index (χ3v) is 3.64. The maximum atomic E-state index is 12.4. The molecule has 0 bridgehead atoms. The van der Waals surface area contributed by atoms with Gasteiger partial charge in [0.15, 0.2) is 0 Å². The van der Waals surface area contributed by atoms with E-state index in [9.17, 15) is 4.79 Å². The molecule has 116 valence electrons. The standard InChI is InChI=1S/C19H24N2O/c1-12-6-7-18(15(4)9-12)21-19(22)16(5)20-17-10-13(2)8-14(3)11-17/h6-11,16,20H,1-5H3,(H,21,22). The van der Waals surface area contributed by atoms with Gasteiger partial charge in [-0.2, -0.15) is 0 Å². The van der Waals surface area contributed by atoms with Crippen molar-refractivity contribution in [3.05, 3.63) is 58.7 Å². The molecule has 0 fully saturated rings. The lowest BCUT2D eigenvalue weighted by Crippen LogP contribution is -2.32. The zero-order valence-electron chi connectivity index (χ0n) is 13.9. The van der Waals surface area contributed by atoms with E-state index >= 15 is 0 Å². The van der Waals surface area contributed by atoms with Crippen LogP contribution in [0.1, 0.15) is 29.2 Å². The van der Waals surface area contributed by atoms with Gasteiger partial charge in [-0.05, 0) is 69.5 Å². The van der Waals surface area contributed by atoms with Crippen LogP contribution < -0.4 is 10.6 Å². The number of anilines is 2. The molecule has 0 aliphatic heterocycles. The number of hydrogen-bond donors (Lipinski definition) is 2. The average molecular weight is 296 g/mol. The van der Waals surface area contributed by atoms with E-state index in [-0.39, 0.29) is 11.9 Å². The third-order valence-electron chi connectivity index (χ3n) is 3.64. The van der Waals surface area contributed by atoms with Crippen molar-refractivity contribution < 1.29 is 4.79 Å². The van der Waals surface area contributed by atoms with E-state index in [1.165, 1.54) is 16.7 Å². The van der Waals surface area contributed by atoms with Crippen LogP contribution in [0.3, 0.4) is 0 Å². The molecule has 0 heterocycles. The van der Waals surface area contributed by atoms with Crippen molar-refractivity contribution in [1.82, 2.24) is 0 Å². The Hall–Kier alpha value is -2.29. The first-order valence-electron chi connectivity index (χ1n) is 7.58. The Morgan fingerprint density at radius 2 is 1.55 bits per heavy atom. The van der Waals surface area contributed by atoms with Crippen LogP contribution in [-0.4, -0.2) is 11.9 Å². The predicted octanol–water partition coefficient (Wildman–Crippen LogP) is 4.36. The zero-order valence-corrected chi connectivity index (χ0v) is 13.9. The minimum atomic E-state index is -0.304. The highest BCUT2D eigenvalue weighted by molar-refractivity contribution is 5.96. The molecule has 0 aliphatic rings. The summed E-state index contributed by atoms with van der Waals surface area (Å²) in [6, 6.07) is 11.9. The fourth-order valence-corrected chi connectivity index (χ4v) is 2.57. The number of carbonyl (C=O) groups is 1. The van der Waals surface area contributed by atoms with Gasteiger partial charge < -0.3 is 10.6 Å². The normalized spacial score (nSPS) is 11.9. The molecule has 3 heteroatoms. The maximum Gasteiger partial charge on any atom is 0.246 e. The van der Waals surface area contributed by atoms with Crippen molar-refractivity contribution in [2.24, 2.45) is 0 Å². The average Bonchev–Trinajstić information content (AvgIpc) is 2.40. The van der Waals surface area contributed by atoms with Gasteiger partial charge in [0.1, 0.15) is 6.04 Å². The summed E-state index contributed by atoms with van der Waals surface area (Å²) in [5.41, 5.74) is 6.48. The minimum Gasteiger partial charge on any atom is -0.374 e. The van der Waals surface area contributed by atoms with Crippen molar-refractivity contribution in [1.29, 1.82) is 0 Å². The number of benzene rings is 2. The number of nitrogens with one attached hydrogen (secondary N) is 2. The van der Waals surface area contributed by atoms with Gasteiger partial charge in [-0.15, -0.1) is 0 Å². The number of carbonyl (C=O) groups excluding carboxylic acids is 1. The van der Waals surface area contributed by atoms with Crippen LogP contribution in [0.5, 0.6) is 0 Å². The Bertz CT molecular complexity index is 672. The minimum absolute atomic E-state index is 0.0360. The molecule has 0 aliphatic carbocycles. The second kappa shape index (κ2) is 6.65. The Morgan fingerprint density at radius 3 is 2.14 bits per heavy atom. The molecule has 1 amide bonds. The molecule has 3 nitrogen and oxygen atoms in total. The molecule has 0 radical (unpaired) electrons. The lowest BCUT2D eigenvalue weighted by atomic mass is 10.1. The van der Waals surface area contributed by atoms with E-state index in [1.54, 1.807) is 0 Å². The molecule has 2 aromatic carbocycles. The van der Waals surface area contributed by atoms with Crippen molar-refractivity contribution in [3.63, 3.8) is 0 Å². The second-order valence-electron chi connectivity index (χ2n) is 6.05. The van der Waals surface area contributed by atoms with Crippen LogP contribution in [0.2, 0.25) is 0 Å². The Balaban J connectivity index is 2.05. The first-order chi connectivity index (χ1) is 10.3. The van der Waals surface area contributed by atoms with E-state index in [4.69, 9.17) is 0 Å². The smallest absolute Gasteiger partial charge is 0.246 e. The number of amides is 1. The summed E-state index contributed by atoms with van der Waals surface area (Å²) in [7, 11) is 0. The van der Waals surface area contributed by atoms with Crippen molar-refractivity contribution in [2.75, 3.05) is 10.6 Å². The number of rotatable bonds is 4. The molecular weight excluding hydrogens is 272 g/mol. The highest BCUT2D eigenvalue weighted by atomic mass is 16.2. The van der Waals surface area contributed by atoms with Crippen LogP contribution in [0, 0.1) is 27.7 Å². The van der Waals surface area contributed by atoms with E-state index in [1.807, 2.05) is 45.0 Å². The van der Waals surface area contributed by atoms with Crippen molar-refractivity contribution in [2.45, 2.75) is 40.7 Å². The zero-order chi connectivity index (χ0) is 16.3.